The molecule has 4 heterocycles. The summed E-state index contributed by atoms with van der Waals surface area (Å²) in [6.07, 6.45) is 10.2. The highest BCUT2D eigenvalue weighted by atomic mass is 15.3. The summed E-state index contributed by atoms with van der Waals surface area (Å²) in [7, 11) is 0. The molecule has 0 spiro atoms. The second kappa shape index (κ2) is 6.04. The van der Waals surface area contributed by atoms with Crippen molar-refractivity contribution in [3.63, 3.8) is 0 Å². The molecule has 2 aromatic rings. The molecule has 6 heteroatoms. The van der Waals surface area contributed by atoms with Gasteiger partial charge in [0.2, 0.25) is 0 Å². The minimum atomic E-state index is 0.518. The highest BCUT2D eigenvalue weighted by Crippen LogP contribution is 2.22. The second-order valence-electron chi connectivity index (χ2n) is 6.23. The van der Waals surface area contributed by atoms with Crippen LogP contribution in [-0.4, -0.2) is 43.8 Å². The number of nitrogens with one attached hydrogen (secondary N) is 1. The maximum Gasteiger partial charge on any atom is 0.129 e. The summed E-state index contributed by atoms with van der Waals surface area (Å²) in [5.41, 5.74) is 2.89. The van der Waals surface area contributed by atoms with E-state index in [-0.39, 0.29) is 0 Å². The van der Waals surface area contributed by atoms with Crippen molar-refractivity contribution in [3.8, 4) is 0 Å². The largest absolute Gasteiger partial charge is 0.367 e. The molecule has 116 valence electrons. The Balaban J connectivity index is 1.30. The average molecular weight is 298 g/mol. The lowest BCUT2D eigenvalue weighted by atomic mass is 10.0. The summed E-state index contributed by atoms with van der Waals surface area (Å²) in [6, 6.07) is 2.45. The van der Waals surface area contributed by atoms with Crippen molar-refractivity contribution in [2.45, 2.75) is 44.8 Å². The molecular formula is C16H22N6. The van der Waals surface area contributed by atoms with Crippen LogP contribution in [0.2, 0.25) is 0 Å². The van der Waals surface area contributed by atoms with Gasteiger partial charge in [0.1, 0.15) is 12.1 Å². The smallest absolute Gasteiger partial charge is 0.129 e. The number of rotatable bonds is 4. The van der Waals surface area contributed by atoms with Gasteiger partial charge in [-0.05, 0) is 31.7 Å². The van der Waals surface area contributed by atoms with Crippen LogP contribution in [0.5, 0.6) is 0 Å². The quantitative estimate of drug-likeness (QED) is 0.931. The lowest BCUT2D eigenvalue weighted by Crippen LogP contribution is -2.38. The van der Waals surface area contributed by atoms with E-state index in [9.17, 15) is 0 Å². The van der Waals surface area contributed by atoms with Gasteiger partial charge in [0.15, 0.2) is 0 Å². The fourth-order valence-corrected chi connectivity index (χ4v) is 3.52. The summed E-state index contributed by atoms with van der Waals surface area (Å²) >= 11 is 0. The number of piperidine rings is 1. The highest BCUT2D eigenvalue weighted by molar-refractivity contribution is 5.33. The number of likely N-dealkylation sites (tertiary alicyclic amines) is 1. The van der Waals surface area contributed by atoms with Crippen molar-refractivity contribution in [1.82, 2.24) is 24.6 Å². The van der Waals surface area contributed by atoms with Crippen LogP contribution >= 0.6 is 0 Å². The molecule has 0 radical (unpaired) electrons. The molecule has 2 aliphatic rings. The Hall–Kier alpha value is -1.95. The molecule has 22 heavy (non-hydrogen) atoms. The van der Waals surface area contributed by atoms with E-state index in [1.807, 2.05) is 6.07 Å². The second-order valence-corrected chi connectivity index (χ2v) is 6.23. The zero-order valence-electron chi connectivity index (χ0n) is 12.8. The van der Waals surface area contributed by atoms with E-state index in [2.05, 4.69) is 36.2 Å². The maximum absolute atomic E-state index is 4.50. The molecule has 0 aliphatic carbocycles. The first-order valence-electron chi connectivity index (χ1n) is 8.17. The van der Waals surface area contributed by atoms with Crippen LogP contribution in [-0.2, 0) is 19.5 Å². The van der Waals surface area contributed by atoms with Crippen LogP contribution in [0.1, 0.15) is 30.5 Å². The number of aromatic nitrogens is 4. The number of fused-ring (bicyclic) bond motifs is 1. The Kier molecular flexibility index (Phi) is 3.76. The standard InChI is InChI=1S/C16H22N6/c1-2-15-13(10-19-22(15)7-1)11-21-8-4-14(5-9-21)20-16-3-6-17-12-18-16/h3,6,10,12,14H,1-2,4-5,7-9,11H2,(H,17,18,20). The predicted molar refractivity (Wildman–Crippen MR) is 84.5 cm³/mol. The molecular weight excluding hydrogens is 276 g/mol. The lowest BCUT2D eigenvalue weighted by molar-refractivity contribution is 0.210. The van der Waals surface area contributed by atoms with Crippen LogP contribution in [0.25, 0.3) is 0 Å². The van der Waals surface area contributed by atoms with Crippen molar-refractivity contribution in [3.05, 3.63) is 36.0 Å². The van der Waals surface area contributed by atoms with Gasteiger partial charge in [-0.15, -0.1) is 0 Å². The number of nitrogens with zero attached hydrogens (tertiary/aromatic N) is 5. The van der Waals surface area contributed by atoms with E-state index < -0.39 is 0 Å². The molecule has 0 bridgehead atoms. The summed E-state index contributed by atoms with van der Waals surface area (Å²) < 4.78 is 2.18. The molecule has 0 unspecified atom stereocenters. The molecule has 0 saturated carbocycles. The highest BCUT2D eigenvalue weighted by Gasteiger charge is 2.22. The zero-order chi connectivity index (χ0) is 14.8. The van der Waals surface area contributed by atoms with Crippen LogP contribution in [0.3, 0.4) is 0 Å². The number of hydrogen-bond acceptors (Lipinski definition) is 5. The summed E-state index contributed by atoms with van der Waals surface area (Å²) in [5.74, 6) is 0.933. The van der Waals surface area contributed by atoms with Gasteiger partial charge in [-0.3, -0.25) is 9.58 Å². The van der Waals surface area contributed by atoms with Gasteiger partial charge in [-0.25, -0.2) is 9.97 Å². The SMILES string of the molecule is c1cc(NC2CCN(Cc3cnn4c3CCC4)CC2)ncn1. The first-order chi connectivity index (χ1) is 10.9. The van der Waals surface area contributed by atoms with Gasteiger partial charge in [-0.1, -0.05) is 0 Å². The Morgan fingerprint density at radius 1 is 1.23 bits per heavy atom. The molecule has 2 aromatic heterocycles. The third-order valence-corrected chi connectivity index (χ3v) is 4.73. The van der Waals surface area contributed by atoms with Gasteiger partial charge in [0, 0.05) is 49.7 Å². The fraction of sp³-hybridized carbons (Fsp3) is 0.562. The van der Waals surface area contributed by atoms with Crippen LogP contribution < -0.4 is 5.32 Å². The number of anilines is 1. The molecule has 1 saturated heterocycles. The molecule has 2 aliphatic heterocycles. The van der Waals surface area contributed by atoms with Gasteiger partial charge in [0.05, 0.1) is 6.20 Å². The van der Waals surface area contributed by atoms with Crippen molar-refractivity contribution in [2.75, 3.05) is 18.4 Å². The summed E-state index contributed by atoms with van der Waals surface area (Å²) in [6.45, 7) is 4.41. The lowest BCUT2D eigenvalue weighted by Gasteiger charge is -2.32. The van der Waals surface area contributed by atoms with Crippen LogP contribution in [0.15, 0.2) is 24.8 Å². The van der Waals surface area contributed by atoms with E-state index in [1.54, 1.807) is 12.5 Å². The minimum absolute atomic E-state index is 0.518. The Labute approximate surface area is 130 Å². The monoisotopic (exact) mass is 298 g/mol. The van der Waals surface area contributed by atoms with Gasteiger partial charge < -0.3 is 5.32 Å². The third-order valence-electron chi connectivity index (χ3n) is 4.73. The molecule has 4 rings (SSSR count). The summed E-state index contributed by atoms with van der Waals surface area (Å²) in [5, 5.41) is 8.00. The van der Waals surface area contributed by atoms with E-state index in [0.717, 1.165) is 44.8 Å². The predicted octanol–water partition coefficient (Wildman–Crippen LogP) is 1.70. The Morgan fingerprint density at radius 3 is 2.95 bits per heavy atom. The Bertz CT molecular complexity index is 615. The molecule has 0 aromatic carbocycles. The minimum Gasteiger partial charge on any atom is -0.367 e. The number of hydrogen-bond donors (Lipinski definition) is 1. The first-order valence-corrected chi connectivity index (χ1v) is 8.17. The van der Waals surface area contributed by atoms with Crippen molar-refractivity contribution < 1.29 is 0 Å². The maximum atomic E-state index is 4.50. The molecule has 6 nitrogen and oxygen atoms in total. The van der Waals surface area contributed by atoms with Gasteiger partial charge in [0.25, 0.3) is 0 Å². The molecule has 0 atom stereocenters. The van der Waals surface area contributed by atoms with Crippen LogP contribution in [0.4, 0.5) is 5.82 Å². The topological polar surface area (TPSA) is 58.9 Å². The van der Waals surface area contributed by atoms with Gasteiger partial charge in [-0.2, -0.15) is 5.10 Å². The number of aryl methyl sites for hydroxylation is 1. The Morgan fingerprint density at radius 2 is 2.14 bits per heavy atom. The first kappa shape index (κ1) is 13.7. The summed E-state index contributed by atoms with van der Waals surface area (Å²) in [4.78, 5) is 10.7. The zero-order valence-corrected chi connectivity index (χ0v) is 12.8. The van der Waals surface area contributed by atoms with E-state index in [4.69, 9.17) is 0 Å². The fourth-order valence-electron chi connectivity index (χ4n) is 3.52. The molecule has 1 fully saturated rings. The molecule has 1 N–H and O–H groups in total. The van der Waals surface area contributed by atoms with E-state index >= 15 is 0 Å². The molecule has 0 amide bonds. The van der Waals surface area contributed by atoms with Crippen molar-refractivity contribution >= 4 is 5.82 Å². The van der Waals surface area contributed by atoms with Crippen molar-refractivity contribution in [1.29, 1.82) is 0 Å². The van der Waals surface area contributed by atoms with Crippen molar-refractivity contribution in [2.24, 2.45) is 0 Å². The van der Waals surface area contributed by atoms with Gasteiger partial charge >= 0.3 is 0 Å². The van der Waals surface area contributed by atoms with E-state index in [1.165, 1.54) is 24.1 Å². The van der Waals surface area contributed by atoms with E-state index in [0.29, 0.717) is 6.04 Å². The normalized spacial score (nSPS) is 19.3. The van der Waals surface area contributed by atoms with Crippen LogP contribution in [0, 0.1) is 0 Å². The third kappa shape index (κ3) is 2.83. The average Bonchev–Trinajstić information content (AvgIpc) is 3.15.